The molecule has 2 rings (SSSR count). The smallest absolute Gasteiger partial charge is 0.129 e. The second-order valence-electron chi connectivity index (χ2n) is 4.64. The number of halogens is 3. The molecule has 5 heteroatoms. The predicted octanol–water partition coefficient (Wildman–Crippen LogP) is 6.22. The minimum absolute atomic E-state index is 0.281. The summed E-state index contributed by atoms with van der Waals surface area (Å²) in [6, 6.07) is 11.4. The first kappa shape index (κ1) is 16.6. The molecule has 0 aromatic heterocycles. The molecule has 1 N–H and O–H groups in total. The van der Waals surface area contributed by atoms with Gasteiger partial charge in [-0.25, -0.2) is 0 Å². The van der Waals surface area contributed by atoms with E-state index in [0.717, 1.165) is 16.8 Å². The Labute approximate surface area is 143 Å². The zero-order valence-corrected chi connectivity index (χ0v) is 14.9. The average molecular weight is 389 g/mol. The van der Waals surface area contributed by atoms with Crippen molar-refractivity contribution in [3.05, 3.63) is 56.5 Å². The number of hydrogen-bond donors (Lipinski definition) is 1. The lowest BCUT2D eigenvalue weighted by molar-refractivity contribution is 0.481. The third kappa shape index (κ3) is 4.36. The molecule has 0 aliphatic rings. The van der Waals surface area contributed by atoms with Crippen LogP contribution in [0.5, 0.6) is 11.5 Å². The van der Waals surface area contributed by atoms with E-state index in [4.69, 9.17) is 27.9 Å². The summed E-state index contributed by atoms with van der Waals surface area (Å²) in [5.41, 5.74) is 1.19. The molecule has 1 atom stereocenters. The Balaban J connectivity index is 2.18. The normalized spacial score (nSPS) is 12.2. The summed E-state index contributed by atoms with van der Waals surface area (Å²) < 4.78 is 6.80. The van der Waals surface area contributed by atoms with Gasteiger partial charge in [-0.2, -0.15) is 0 Å². The number of benzene rings is 2. The number of nitrogens with one attached hydrogen (secondary N) is 1. The van der Waals surface area contributed by atoms with Crippen molar-refractivity contribution in [2.24, 2.45) is 0 Å². The topological polar surface area (TPSA) is 21.3 Å². The molecular formula is C16H16BrCl2NO. The summed E-state index contributed by atoms with van der Waals surface area (Å²) >= 11 is 15.5. The van der Waals surface area contributed by atoms with E-state index in [1.54, 1.807) is 18.2 Å². The van der Waals surface area contributed by atoms with E-state index in [0.29, 0.717) is 15.8 Å². The molecule has 0 aliphatic carbocycles. The molecule has 0 fully saturated rings. The van der Waals surface area contributed by atoms with Gasteiger partial charge >= 0.3 is 0 Å². The molecule has 21 heavy (non-hydrogen) atoms. The molecule has 0 saturated heterocycles. The first-order valence-electron chi connectivity index (χ1n) is 6.67. The minimum atomic E-state index is 0.281. The maximum absolute atomic E-state index is 5.98. The van der Waals surface area contributed by atoms with Crippen LogP contribution >= 0.6 is 39.1 Å². The highest BCUT2D eigenvalue weighted by atomic mass is 79.9. The first-order chi connectivity index (χ1) is 10.0. The van der Waals surface area contributed by atoms with Crippen LogP contribution in [0.2, 0.25) is 10.0 Å². The van der Waals surface area contributed by atoms with Gasteiger partial charge in [-0.1, -0.05) is 52.1 Å². The molecule has 112 valence electrons. The lowest BCUT2D eigenvalue weighted by Crippen LogP contribution is -2.17. The summed E-state index contributed by atoms with van der Waals surface area (Å²) in [4.78, 5) is 0. The van der Waals surface area contributed by atoms with E-state index in [-0.39, 0.29) is 6.04 Å². The Morgan fingerprint density at radius 2 is 1.76 bits per heavy atom. The summed E-state index contributed by atoms with van der Waals surface area (Å²) in [5, 5.41) is 4.37. The molecule has 2 aromatic rings. The van der Waals surface area contributed by atoms with Gasteiger partial charge < -0.3 is 10.1 Å². The molecule has 0 heterocycles. The zero-order chi connectivity index (χ0) is 15.4. The molecule has 0 amide bonds. The van der Waals surface area contributed by atoms with Crippen molar-refractivity contribution in [2.75, 3.05) is 6.54 Å². The van der Waals surface area contributed by atoms with Gasteiger partial charge in [0.25, 0.3) is 0 Å². The number of ether oxygens (including phenoxy) is 1. The maximum Gasteiger partial charge on any atom is 0.129 e. The van der Waals surface area contributed by atoms with Crippen LogP contribution in [0.1, 0.15) is 25.5 Å². The van der Waals surface area contributed by atoms with Gasteiger partial charge in [0.1, 0.15) is 11.5 Å². The van der Waals surface area contributed by atoms with Crippen molar-refractivity contribution in [2.45, 2.75) is 19.9 Å². The third-order valence-corrected chi connectivity index (χ3v) is 4.50. The highest BCUT2D eigenvalue weighted by Crippen LogP contribution is 2.32. The summed E-state index contributed by atoms with van der Waals surface area (Å²) in [5.74, 6) is 1.40. The standard InChI is InChI=1S/C16H16BrCl2NO/c1-3-20-10(2)13-6-4-11(8-14(13)17)21-12-5-7-15(18)16(19)9-12/h4-10,20H,3H2,1-2H3. The van der Waals surface area contributed by atoms with Gasteiger partial charge in [0.15, 0.2) is 0 Å². The Morgan fingerprint density at radius 1 is 1.10 bits per heavy atom. The first-order valence-corrected chi connectivity index (χ1v) is 8.22. The van der Waals surface area contributed by atoms with E-state index in [2.05, 4.69) is 35.1 Å². The summed E-state index contributed by atoms with van der Waals surface area (Å²) in [7, 11) is 0. The van der Waals surface area contributed by atoms with Crippen molar-refractivity contribution >= 4 is 39.1 Å². The fraction of sp³-hybridized carbons (Fsp3) is 0.250. The fourth-order valence-corrected chi connectivity index (χ4v) is 3.00. The second-order valence-corrected chi connectivity index (χ2v) is 6.31. The van der Waals surface area contributed by atoms with Crippen molar-refractivity contribution in [3.8, 4) is 11.5 Å². The molecule has 0 bridgehead atoms. The van der Waals surface area contributed by atoms with E-state index < -0.39 is 0 Å². The Hall–Kier alpha value is -0.740. The van der Waals surface area contributed by atoms with Crippen LogP contribution in [-0.2, 0) is 0 Å². The largest absolute Gasteiger partial charge is 0.457 e. The van der Waals surface area contributed by atoms with E-state index in [1.807, 2.05) is 18.2 Å². The molecule has 2 aromatic carbocycles. The van der Waals surface area contributed by atoms with E-state index in [9.17, 15) is 0 Å². The Morgan fingerprint density at radius 3 is 2.38 bits per heavy atom. The second kappa shape index (κ2) is 7.50. The molecule has 0 aliphatic heterocycles. The van der Waals surface area contributed by atoms with Gasteiger partial charge in [0, 0.05) is 16.6 Å². The van der Waals surface area contributed by atoms with Crippen LogP contribution in [-0.4, -0.2) is 6.54 Å². The molecule has 1 unspecified atom stereocenters. The lowest BCUT2D eigenvalue weighted by Gasteiger charge is -2.15. The lowest BCUT2D eigenvalue weighted by atomic mass is 10.1. The minimum Gasteiger partial charge on any atom is -0.457 e. The van der Waals surface area contributed by atoms with Gasteiger partial charge in [0.05, 0.1) is 10.0 Å². The number of hydrogen-bond acceptors (Lipinski definition) is 2. The Kier molecular flexibility index (Phi) is 5.94. The highest BCUT2D eigenvalue weighted by molar-refractivity contribution is 9.10. The van der Waals surface area contributed by atoms with Crippen molar-refractivity contribution < 1.29 is 4.74 Å². The summed E-state index contributed by atoms with van der Waals surface area (Å²) in [6.07, 6.45) is 0. The SMILES string of the molecule is CCNC(C)c1ccc(Oc2ccc(Cl)c(Cl)c2)cc1Br. The van der Waals surface area contributed by atoms with Crippen LogP contribution in [0, 0.1) is 0 Å². The molecular weight excluding hydrogens is 373 g/mol. The van der Waals surface area contributed by atoms with Crippen LogP contribution in [0.15, 0.2) is 40.9 Å². The fourth-order valence-electron chi connectivity index (χ4n) is 2.02. The summed E-state index contributed by atoms with van der Waals surface area (Å²) in [6.45, 7) is 5.14. The predicted molar refractivity (Wildman–Crippen MR) is 92.8 cm³/mol. The zero-order valence-electron chi connectivity index (χ0n) is 11.8. The number of rotatable bonds is 5. The van der Waals surface area contributed by atoms with Gasteiger partial charge in [0.2, 0.25) is 0 Å². The quantitative estimate of drug-likeness (QED) is 0.656. The van der Waals surface area contributed by atoms with Crippen molar-refractivity contribution in [3.63, 3.8) is 0 Å². The van der Waals surface area contributed by atoms with Gasteiger partial charge in [-0.05, 0) is 43.3 Å². The van der Waals surface area contributed by atoms with Crippen LogP contribution in [0.25, 0.3) is 0 Å². The molecule has 2 nitrogen and oxygen atoms in total. The molecule has 0 spiro atoms. The third-order valence-electron chi connectivity index (χ3n) is 3.08. The van der Waals surface area contributed by atoms with E-state index >= 15 is 0 Å². The maximum atomic E-state index is 5.98. The van der Waals surface area contributed by atoms with E-state index in [1.165, 1.54) is 5.56 Å². The monoisotopic (exact) mass is 387 g/mol. The van der Waals surface area contributed by atoms with Gasteiger partial charge in [-0.3, -0.25) is 0 Å². The molecule has 0 radical (unpaired) electrons. The van der Waals surface area contributed by atoms with Crippen LogP contribution in [0.4, 0.5) is 0 Å². The Bertz CT molecular complexity index is 634. The van der Waals surface area contributed by atoms with Crippen molar-refractivity contribution in [1.82, 2.24) is 5.32 Å². The van der Waals surface area contributed by atoms with Crippen LogP contribution < -0.4 is 10.1 Å². The van der Waals surface area contributed by atoms with Crippen LogP contribution in [0.3, 0.4) is 0 Å². The van der Waals surface area contributed by atoms with Crippen molar-refractivity contribution in [1.29, 1.82) is 0 Å². The average Bonchev–Trinajstić information content (AvgIpc) is 2.43. The molecule has 0 saturated carbocycles. The highest BCUT2D eigenvalue weighted by Gasteiger charge is 2.10. The van der Waals surface area contributed by atoms with Gasteiger partial charge in [-0.15, -0.1) is 0 Å².